The Kier molecular flexibility index (Phi) is 7.43. The number of nitrogens with zero attached hydrogens (tertiary/aromatic N) is 1. The lowest BCUT2D eigenvalue weighted by atomic mass is 9.94. The second-order valence-electron chi connectivity index (χ2n) is 9.19. The van der Waals surface area contributed by atoms with Gasteiger partial charge in [0.15, 0.2) is 0 Å². The molecule has 0 saturated carbocycles. The van der Waals surface area contributed by atoms with Gasteiger partial charge in [0.25, 0.3) is 11.7 Å². The molecule has 3 aromatic carbocycles. The lowest BCUT2D eigenvalue weighted by Gasteiger charge is -2.26. The van der Waals surface area contributed by atoms with E-state index >= 15 is 0 Å². The molecule has 1 aliphatic heterocycles. The summed E-state index contributed by atoms with van der Waals surface area (Å²) >= 11 is 0. The highest BCUT2D eigenvalue weighted by molar-refractivity contribution is 6.51. The smallest absolute Gasteiger partial charge is 0.307 e. The van der Waals surface area contributed by atoms with Gasteiger partial charge in [0.05, 0.1) is 24.1 Å². The summed E-state index contributed by atoms with van der Waals surface area (Å²) in [4.78, 5) is 39.1. The number of Topliss-reactive ketones (excluding diaryl/α,β-unsaturated/α-hetero) is 1. The Hall–Kier alpha value is -4.39. The molecule has 7 heteroatoms. The molecule has 7 nitrogen and oxygen atoms in total. The Morgan fingerprint density at radius 3 is 2.03 bits per heavy atom. The Balaban J connectivity index is 1.82. The number of rotatable bonds is 8. The summed E-state index contributed by atoms with van der Waals surface area (Å²) < 4.78 is 5.67. The molecule has 1 unspecified atom stereocenters. The monoisotopic (exact) mass is 499 g/mol. The first-order chi connectivity index (χ1) is 17.7. The average Bonchev–Trinajstić information content (AvgIpc) is 3.14. The molecule has 2 N–H and O–H groups in total. The van der Waals surface area contributed by atoms with Crippen LogP contribution in [0.5, 0.6) is 5.75 Å². The van der Waals surface area contributed by atoms with Crippen molar-refractivity contribution < 1.29 is 29.3 Å². The van der Waals surface area contributed by atoms with Crippen molar-refractivity contribution in [2.24, 2.45) is 0 Å². The second kappa shape index (κ2) is 10.7. The molecule has 3 aromatic rings. The van der Waals surface area contributed by atoms with E-state index in [1.54, 1.807) is 48.5 Å². The van der Waals surface area contributed by atoms with Gasteiger partial charge in [-0.25, -0.2) is 0 Å². The average molecular weight is 500 g/mol. The molecule has 0 aliphatic carbocycles. The fourth-order valence-electron chi connectivity index (χ4n) is 4.42. The number of benzene rings is 3. The minimum atomic E-state index is -0.964. The van der Waals surface area contributed by atoms with Gasteiger partial charge in [0.2, 0.25) is 0 Å². The van der Waals surface area contributed by atoms with Crippen molar-refractivity contribution in [3.63, 3.8) is 0 Å². The minimum Gasteiger partial charge on any atom is -0.507 e. The van der Waals surface area contributed by atoms with Gasteiger partial charge in [-0.2, -0.15) is 0 Å². The SMILES string of the molecule is CCc1ccc(C2/C(=C(\O)c3ccc(OC(C)C)cc3)C(=O)C(=O)N2c2ccc(CC(=O)O)cc2)cc1. The zero-order valence-electron chi connectivity index (χ0n) is 21.0. The van der Waals surface area contributed by atoms with Crippen LogP contribution in [0.15, 0.2) is 78.4 Å². The van der Waals surface area contributed by atoms with Gasteiger partial charge in [-0.3, -0.25) is 19.3 Å². The first-order valence-electron chi connectivity index (χ1n) is 12.2. The highest BCUT2D eigenvalue weighted by atomic mass is 16.5. The molecule has 0 bridgehead atoms. The number of anilines is 1. The van der Waals surface area contributed by atoms with Crippen LogP contribution in [0, 0.1) is 0 Å². The lowest BCUT2D eigenvalue weighted by molar-refractivity contribution is -0.136. The summed E-state index contributed by atoms with van der Waals surface area (Å²) in [5.74, 6) is -2.17. The Morgan fingerprint density at radius 2 is 1.49 bits per heavy atom. The molecular formula is C30H29NO6. The molecule has 1 fully saturated rings. The van der Waals surface area contributed by atoms with E-state index in [1.807, 2.05) is 45.0 Å². The fraction of sp³-hybridized carbons (Fsp3) is 0.233. The summed E-state index contributed by atoms with van der Waals surface area (Å²) in [5.41, 5.74) is 3.15. The summed E-state index contributed by atoms with van der Waals surface area (Å²) in [6.07, 6.45) is 0.658. The number of aliphatic hydroxyl groups is 1. The number of carbonyl (C=O) groups excluding carboxylic acids is 2. The third kappa shape index (κ3) is 5.40. The molecule has 1 heterocycles. The molecular weight excluding hydrogens is 470 g/mol. The van der Waals surface area contributed by atoms with Gasteiger partial charge in [0.1, 0.15) is 11.5 Å². The van der Waals surface area contributed by atoms with Crippen LogP contribution in [0.4, 0.5) is 5.69 Å². The summed E-state index contributed by atoms with van der Waals surface area (Å²) in [7, 11) is 0. The number of hydrogen-bond acceptors (Lipinski definition) is 5. The molecule has 1 aliphatic rings. The quantitative estimate of drug-likeness (QED) is 0.248. The van der Waals surface area contributed by atoms with Crippen molar-refractivity contribution in [3.05, 3.63) is 101 Å². The van der Waals surface area contributed by atoms with Crippen LogP contribution in [0.1, 0.15) is 49.1 Å². The number of carboxylic acids is 1. The van der Waals surface area contributed by atoms with Crippen molar-refractivity contribution in [1.29, 1.82) is 0 Å². The highest BCUT2D eigenvalue weighted by Gasteiger charge is 2.46. The fourth-order valence-corrected chi connectivity index (χ4v) is 4.42. The van der Waals surface area contributed by atoms with Crippen LogP contribution in [0.25, 0.3) is 5.76 Å². The van der Waals surface area contributed by atoms with Crippen LogP contribution in [0.2, 0.25) is 0 Å². The third-order valence-corrected chi connectivity index (χ3v) is 6.22. The zero-order valence-corrected chi connectivity index (χ0v) is 21.0. The molecule has 37 heavy (non-hydrogen) atoms. The first kappa shape index (κ1) is 25.7. The number of hydrogen-bond donors (Lipinski definition) is 2. The van der Waals surface area contributed by atoms with Gasteiger partial charge >= 0.3 is 5.97 Å². The van der Waals surface area contributed by atoms with E-state index in [-0.39, 0.29) is 23.9 Å². The second-order valence-corrected chi connectivity index (χ2v) is 9.19. The predicted octanol–water partition coefficient (Wildman–Crippen LogP) is 5.29. The standard InChI is InChI=1S/C30H29NO6/c1-4-19-5-9-21(10-6-19)27-26(28(34)22-11-15-24(16-12-22)37-18(2)3)29(35)30(36)31(27)23-13-7-20(8-14-23)17-25(32)33/h5-16,18,27,34H,4,17H2,1-3H3,(H,32,33)/b28-26+. The first-order valence-corrected chi connectivity index (χ1v) is 12.2. The molecule has 0 radical (unpaired) electrons. The normalized spacial score (nSPS) is 16.9. The maximum Gasteiger partial charge on any atom is 0.307 e. The zero-order chi connectivity index (χ0) is 26.7. The van der Waals surface area contributed by atoms with Crippen molar-refractivity contribution in [1.82, 2.24) is 0 Å². The molecule has 1 saturated heterocycles. The van der Waals surface area contributed by atoms with Crippen LogP contribution in [-0.4, -0.2) is 34.0 Å². The van der Waals surface area contributed by atoms with E-state index in [4.69, 9.17) is 9.84 Å². The topological polar surface area (TPSA) is 104 Å². The third-order valence-electron chi connectivity index (χ3n) is 6.22. The van der Waals surface area contributed by atoms with E-state index in [9.17, 15) is 19.5 Å². The number of aryl methyl sites for hydroxylation is 1. The minimum absolute atomic E-state index is 0.0126. The van der Waals surface area contributed by atoms with E-state index in [2.05, 4.69) is 0 Å². The molecule has 190 valence electrons. The van der Waals surface area contributed by atoms with Gasteiger partial charge in [0, 0.05) is 11.3 Å². The van der Waals surface area contributed by atoms with Crippen LogP contribution >= 0.6 is 0 Å². The molecule has 0 aromatic heterocycles. The number of amides is 1. The van der Waals surface area contributed by atoms with Gasteiger partial charge in [-0.15, -0.1) is 0 Å². The van der Waals surface area contributed by atoms with E-state index < -0.39 is 23.7 Å². The Morgan fingerprint density at radius 1 is 0.892 bits per heavy atom. The largest absolute Gasteiger partial charge is 0.507 e. The predicted molar refractivity (Wildman–Crippen MR) is 141 cm³/mol. The maximum absolute atomic E-state index is 13.3. The van der Waals surface area contributed by atoms with E-state index in [0.717, 1.165) is 12.0 Å². The molecule has 4 rings (SSSR count). The number of carbonyl (C=O) groups is 3. The Labute approximate surface area is 215 Å². The summed E-state index contributed by atoms with van der Waals surface area (Å²) in [6.45, 7) is 5.85. The van der Waals surface area contributed by atoms with E-state index in [0.29, 0.717) is 28.1 Å². The van der Waals surface area contributed by atoms with Gasteiger partial charge in [-0.1, -0.05) is 43.3 Å². The van der Waals surface area contributed by atoms with Gasteiger partial charge < -0.3 is 14.9 Å². The summed E-state index contributed by atoms with van der Waals surface area (Å²) in [6, 6.07) is 19.9. The van der Waals surface area contributed by atoms with Crippen molar-refractivity contribution in [2.75, 3.05) is 4.90 Å². The highest BCUT2D eigenvalue weighted by Crippen LogP contribution is 2.42. The number of carboxylic acid groups (broad SMARTS) is 1. The van der Waals surface area contributed by atoms with E-state index in [1.165, 1.54) is 4.90 Å². The van der Waals surface area contributed by atoms with Crippen LogP contribution in [0.3, 0.4) is 0 Å². The van der Waals surface area contributed by atoms with Crippen molar-refractivity contribution in [2.45, 2.75) is 45.8 Å². The number of ether oxygens (including phenoxy) is 1. The Bertz CT molecular complexity index is 1340. The maximum atomic E-state index is 13.3. The molecule has 1 amide bonds. The number of aliphatic carboxylic acids is 1. The van der Waals surface area contributed by atoms with Crippen molar-refractivity contribution >= 4 is 29.1 Å². The number of ketones is 1. The summed E-state index contributed by atoms with van der Waals surface area (Å²) in [5, 5.41) is 20.4. The number of aliphatic hydroxyl groups excluding tert-OH is 1. The lowest BCUT2D eigenvalue weighted by Crippen LogP contribution is -2.29. The molecule has 1 atom stereocenters. The van der Waals surface area contributed by atoms with Crippen molar-refractivity contribution in [3.8, 4) is 5.75 Å². The van der Waals surface area contributed by atoms with Gasteiger partial charge in [-0.05, 0) is 73.4 Å². The van der Waals surface area contributed by atoms with Crippen LogP contribution < -0.4 is 9.64 Å². The molecule has 0 spiro atoms. The van der Waals surface area contributed by atoms with Crippen LogP contribution in [-0.2, 0) is 27.2 Å².